The topological polar surface area (TPSA) is 83.8 Å². The van der Waals surface area contributed by atoms with Crippen LogP contribution in [0.15, 0.2) is 30.5 Å². The van der Waals surface area contributed by atoms with Crippen LogP contribution in [0.2, 0.25) is 0 Å². The first kappa shape index (κ1) is 12.8. The number of nitrogens with zero attached hydrogens (tertiary/aromatic N) is 3. The molecule has 4 rings (SSSR count). The van der Waals surface area contributed by atoms with Gasteiger partial charge in [-0.2, -0.15) is 10.2 Å². The lowest BCUT2D eigenvalue weighted by Crippen LogP contribution is -2.08. The van der Waals surface area contributed by atoms with Crippen molar-refractivity contribution in [1.29, 1.82) is 0 Å². The Balaban J connectivity index is 1.98. The molecule has 0 unspecified atom stereocenters. The van der Waals surface area contributed by atoms with E-state index < -0.39 is 5.97 Å². The predicted octanol–water partition coefficient (Wildman–Crippen LogP) is 2.20. The van der Waals surface area contributed by atoms with Gasteiger partial charge in [-0.3, -0.25) is 5.10 Å². The Morgan fingerprint density at radius 3 is 2.77 bits per heavy atom. The molecule has 1 aliphatic rings. The van der Waals surface area contributed by atoms with Gasteiger partial charge in [0.15, 0.2) is 5.69 Å². The maximum absolute atomic E-state index is 13.1. The van der Waals surface area contributed by atoms with Gasteiger partial charge in [0.2, 0.25) is 0 Å². The van der Waals surface area contributed by atoms with E-state index in [1.165, 1.54) is 12.1 Å². The molecule has 0 bridgehead atoms. The molecule has 110 valence electrons. The fraction of sp³-hybridized carbons (Fsp3) is 0.133. The van der Waals surface area contributed by atoms with Crippen LogP contribution in [0.5, 0.6) is 0 Å². The van der Waals surface area contributed by atoms with Crippen molar-refractivity contribution in [1.82, 2.24) is 20.0 Å². The van der Waals surface area contributed by atoms with Crippen molar-refractivity contribution >= 4 is 5.97 Å². The number of carboxylic acids is 1. The van der Waals surface area contributed by atoms with Gasteiger partial charge in [0.05, 0.1) is 28.8 Å². The Kier molecular flexibility index (Phi) is 2.62. The zero-order valence-electron chi connectivity index (χ0n) is 11.4. The number of benzene rings is 1. The molecule has 7 heteroatoms. The highest BCUT2D eigenvalue weighted by molar-refractivity contribution is 5.95. The first-order valence-corrected chi connectivity index (χ1v) is 6.79. The summed E-state index contributed by atoms with van der Waals surface area (Å²) in [6, 6.07) is 5.82. The molecule has 0 aliphatic heterocycles. The molecule has 3 aromatic rings. The second kappa shape index (κ2) is 4.52. The second-order valence-electron chi connectivity index (χ2n) is 5.13. The molecule has 0 fully saturated rings. The number of aromatic carboxylic acids is 1. The van der Waals surface area contributed by atoms with Crippen molar-refractivity contribution in [3.8, 4) is 16.9 Å². The zero-order valence-corrected chi connectivity index (χ0v) is 11.4. The summed E-state index contributed by atoms with van der Waals surface area (Å²) >= 11 is 0. The third-order valence-corrected chi connectivity index (χ3v) is 3.85. The normalized spacial score (nSPS) is 12.8. The quantitative estimate of drug-likeness (QED) is 0.759. The molecule has 1 aliphatic carbocycles. The van der Waals surface area contributed by atoms with Crippen LogP contribution in [0.1, 0.15) is 21.7 Å². The van der Waals surface area contributed by atoms with Crippen LogP contribution in [0.3, 0.4) is 0 Å². The minimum Gasteiger partial charge on any atom is -0.476 e. The van der Waals surface area contributed by atoms with Crippen LogP contribution in [0.4, 0.5) is 4.39 Å². The van der Waals surface area contributed by atoms with Crippen LogP contribution in [-0.2, 0) is 12.8 Å². The average molecular weight is 298 g/mol. The lowest BCUT2D eigenvalue weighted by Gasteiger charge is -2.14. The molecule has 0 atom stereocenters. The van der Waals surface area contributed by atoms with Crippen LogP contribution in [0.25, 0.3) is 16.9 Å². The molecule has 1 aromatic carbocycles. The van der Waals surface area contributed by atoms with Crippen LogP contribution < -0.4 is 0 Å². The molecule has 2 aromatic heterocycles. The molecule has 0 spiro atoms. The van der Waals surface area contributed by atoms with Crippen LogP contribution in [0, 0.1) is 5.82 Å². The van der Waals surface area contributed by atoms with Gasteiger partial charge in [-0.05, 0) is 42.7 Å². The van der Waals surface area contributed by atoms with Crippen LogP contribution in [-0.4, -0.2) is 31.1 Å². The van der Waals surface area contributed by atoms with Gasteiger partial charge in [-0.15, -0.1) is 0 Å². The third kappa shape index (κ3) is 1.75. The SMILES string of the molecule is O=C(O)c1nn(-c2ccc(F)cc2)c2c1-c1[nH]ncc1CC2. The Morgan fingerprint density at radius 2 is 2.05 bits per heavy atom. The average Bonchev–Trinajstić information content (AvgIpc) is 3.11. The van der Waals surface area contributed by atoms with E-state index in [2.05, 4.69) is 15.3 Å². The number of hydrogen-bond donors (Lipinski definition) is 2. The lowest BCUT2D eigenvalue weighted by atomic mass is 9.94. The predicted molar refractivity (Wildman–Crippen MR) is 75.5 cm³/mol. The van der Waals surface area contributed by atoms with E-state index in [9.17, 15) is 14.3 Å². The number of rotatable bonds is 2. The summed E-state index contributed by atoms with van der Waals surface area (Å²) in [7, 11) is 0. The molecule has 2 N–H and O–H groups in total. The van der Waals surface area contributed by atoms with Gasteiger partial charge in [0.25, 0.3) is 0 Å². The molecular formula is C15H11FN4O2. The minimum absolute atomic E-state index is 0.0236. The Hall–Kier alpha value is -2.96. The maximum Gasteiger partial charge on any atom is 0.357 e. The van der Waals surface area contributed by atoms with E-state index in [4.69, 9.17) is 0 Å². The highest BCUT2D eigenvalue weighted by atomic mass is 19.1. The van der Waals surface area contributed by atoms with Gasteiger partial charge in [-0.25, -0.2) is 13.9 Å². The molecular weight excluding hydrogens is 287 g/mol. The van der Waals surface area contributed by atoms with Crippen molar-refractivity contribution < 1.29 is 14.3 Å². The number of halogens is 1. The number of aromatic amines is 1. The molecule has 0 amide bonds. The summed E-state index contributed by atoms with van der Waals surface area (Å²) in [4.78, 5) is 11.5. The summed E-state index contributed by atoms with van der Waals surface area (Å²) in [6.45, 7) is 0. The largest absolute Gasteiger partial charge is 0.476 e. The van der Waals surface area contributed by atoms with Crippen LogP contribution >= 0.6 is 0 Å². The van der Waals surface area contributed by atoms with E-state index in [0.717, 1.165) is 17.7 Å². The van der Waals surface area contributed by atoms with Crippen molar-refractivity contribution in [2.45, 2.75) is 12.8 Å². The van der Waals surface area contributed by atoms with Gasteiger partial charge in [-0.1, -0.05) is 0 Å². The fourth-order valence-electron chi connectivity index (χ4n) is 2.86. The molecule has 2 heterocycles. The highest BCUT2D eigenvalue weighted by Gasteiger charge is 2.30. The molecule has 0 saturated heterocycles. The van der Waals surface area contributed by atoms with E-state index in [1.807, 2.05) is 0 Å². The van der Waals surface area contributed by atoms with Gasteiger partial charge < -0.3 is 5.11 Å². The smallest absolute Gasteiger partial charge is 0.357 e. The number of aromatic nitrogens is 4. The number of carbonyl (C=O) groups is 1. The maximum atomic E-state index is 13.1. The number of hydrogen-bond acceptors (Lipinski definition) is 3. The first-order chi connectivity index (χ1) is 10.6. The number of H-pyrrole nitrogens is 1. The Morgan fingerprint density at radius 1 is 1.27 bits per heavy atom. The summed E-state index contributed by atoms with van der Waals surface area (Å²) in [5, 5.41) is 20.5. The van der Waals surface area contributed by atoms with Crippen molar-refractivity contribution in [3.63, 3.8) is 0 Å². The second-order valence-corrected chi connectivity index (χ2v) is 5.13. The van der Waals surface area contributed by atoms with E-state index in [1.54, 1.807) is 23.0 Å². The number of aryl methyl sites for hydroxylation is 1. The van der Waals surface area contributed by atoms with Gasteiger partial charge >= 0.3 is 5.97 Å². The first-order valence-electron chi connectivity index (χ1n) is 6.79. The summed E-state index contributed by atoms with van der Waals surface area (Å²) < 4.78 is 14.7. The molecule has 0 saturated carbocycles. The fourth-order valence-corrected chi connectivity index (χ4v) is 2.86. The monoisotopic (exact) mass is 298 g/mol. The Labute approximate surface area is 124 Å². The number of nitrogens with one attached hydrogen (secondary N) is 1. The van der Waals surface area contributed by atoms with E-state index >= 15 is 0 Å². The molecule has 0 radical (unpaired) electrons. The summed E-state index contributed by atoms with van der Waals surface area (Å²) in [6.07, 6.45) is 3.11. The highest BCUT2D eigenvalue weighted by Crippen LogP contribution is 2.35. The minimum atomic E-state index is -1.10. The van der Waals surface area contributed by atoms with Gasteiger partial charge in [0, 0.05) is 0 Å². The molecule has 22 heavy (non-hydrogen) atoms. The van der Waals surface area contributed by atoms with Gasteiger partial charge in [0.1, 0.15) is 5.82 Å². The van der Waals surface area contributed by atoms with Crippen molar-refractivity contribution in [3.05, 3.63) is 53.2 Å². The number of fused-ring (bicyclic) bond motifs is 3. The standard InChI is InChI=1S/C15H11FN4O2/c16-9-2-4-10(5-3-9)20-11-6-1-8-7-17-18-13(8)12(11)14(19-20)15(21)22/h2-5,7H,1,6H2,(H,17,18)(H,21,22). The lowest BCUT2D eigenvalue weighted by molar-refractivity contribution is 0.0690. The summed E-state index contributed by atoms with van der Waals surface area (Å²) in [5.74, 6) is -1.45. The summed E-state index contributed by atoms with van der Waals surface area (Å²) in [5.41, 5.74) is 3.65. The third-order valence-electron chi connectivity index (χ3n) is 3.85. The number of carboxylic acid groups (broad SMARTS) is 1. The van der Waals surface area contributed by atoms with Crippen molar-refractivity contribution in [2.24, 2.45) is 0 Å². The van der Waals surface area contributed by atoms with E-state index in [-0.39, 0.29) is 11.5 Å². The Bertz CT molecular complexity index is 880. The van der Waals surface area contributed by atoms with Crippen molar-refractivity contribution in [2.75, 3.05) is 0 Å². The van der Waals surface area contributed by atoms with E-state index in [0.29, 0.717) is 23.4 Å². The zero-order chi connectivity index (χ0) is 15.3. The molecule has 6 nitrogen and oxygen atoms in total.